The Kier molecular flexibility index (Phi) is 7.30. The smallest absolute Gasteiger partial charge is 0.414 e. The largest absolute Gasteiger partial charge is 0.442 e. The first-order chi connectivity index (χ1) is 18.8. The average Bonchev–Trinajstić information content (AvgIpc) is 3.50. The molecule has 0 bridgehead atoms. The highest BCUT2D eigenvalue weighted by atomic mass is 19.3. The summed E-state index contributed by atoms with van der Waals surface area (Å²) in [4.78, 5) is 37.2. The number of carbonyl (C=O) groups is 2. The third kappa shape index (κ3) is 5.76. The standard InChI is InChI=1S/C26H24F3N7O3/c1-15(37)30-9-19-12-36(26(38)39-19)18-6-7-20(21(27)8-18)17-4-2-16(3-5-17)11-35-14-34-23-24(31-10-22(28)29)32-13-33-25(23)35/h2-8,13-14,19,22H,9-12H2,1H3,(H,30,37)(H,31,32,33)/t19-/m0/s1. The zero-order valence-corrected chi connectivity index (χ0v) is 20.8. The summed E-state index contributed by atoms with van der Waals surface area (Å²) in [6.45, 7) is 1.62. The number of hydrogen-bond acceptors (Lipinski definition) is 7. The number of amides is 2. The number of benzene rings is 2. The molecule has 10 nitrogen and oxygen atoms in total. The van der Waals surface area contributed by atoms with Gasteiger partial charge in [0.05, 0.1) is 38.2 Å². The normalized spacial score (nSPS) is 15.2. The number of carbonyl (C=O) groups excluding carboxylic acids is 2. The van der Waals surface area contributed by atoms with E-state index in [9.17, 15) is 18.4 Å². The average molecular weight is 540 g/mol. The fraction of sp³-hybridized carbons (Fsp3) is 0.269. The van der Waals surface area contributed by atoms with Crippen molar-refractivity contribution in [1.29, 1.82) is 0 Å². The van der Waals surface area contributed by atoms with Gasteiger partial charge >= 0.3 is 6.09 Å². The highest BCUT2D eigenvalue weighted by Crippen LogP contribution is 2.29. The van der Waals surface area contributed by atoms with Crippen molar-refractivity contribution in [2.45, 2.75) is 26.0 Å². The molecule has 2 aromatic heterocycles. The summed E-state index contributed by atoms with van der Waals surface area (Å²) in [5.41, 5.74) is 3.14. The summed E-state index contributed by atoms with van der Waals surface area (Å²) in [5, 5.41) is 5.18. The molecule has 202 valence electrons. The number of rotatable bonds is 9. The van der Waals surface area contributed by atoms with Crippen LogP contribution in [0.3, 0.4) is 0 Å². The maximum Gasteiger partial charge on any atom is 0.414 e. The van der Waals surface area contributed by atoms with Gasteiger partial charge in [0.1, 0.15) is 23.8 Å². The van der Waals surface area contributed by atoms with Gasteiger partial charge in [-0.1, -0.05) is 24.3 Å². The van der Waals surface area contributed by atoms with Gasteiger partial charge in [-0.25, -0.2) is 32.9 Å². The van der Waals surface area contributed by atoms with Gasteiger partial charge < -0.3 is 19.9 Å². The first kappa shape index (κ1) is 25.9. The summed E-state index contributed by atoms with van der Waals surface area (Å²) in [6, 6.07) is 11.8. The molecule has 1 saturated heterocycles. The van der Waals surface area contributed by atoms with Gasteiger partial charge in [-0.05, 0) is 29.3 Å². The molecule has 2 aromatic carbocycles. The van der Waals surface area contributed by atoms with Crippen LogP contribution in [0.15, 0.2) is 55.1 Å². The van der Waals surface area contributed by atoms with Gasteiger partial charge in [-0.15, -0.1) is 0 Å². The predicted molar refractivity (Wildman–Crippen MR) is 137 cm³/mol. The molecule has 2 amide bonds. The van der Waals surface area contributed by atoms with Crippen LogP contribution < -0.4 is 15.5 Å². The second-order valence-electron chi connectivity index (χ2n) is 8.95. The van der Waals surface area contributed by atoms with Crippen LogP contribution in [-0.4, -0.2) is 63.7 Å². The van der Waals surface area contributed by atoms with E-state index in [2.05, 4.69) is 25.6 Å². The van der Waals surface area contributed by atoms with Crippen molar-refractivity contribution in [2.75, 3.05) is 29.9 Å². The van der Waals surface area contributed by atoms with Gasteiger partial charge in [0, 0.05) is 12.5 Å². The number of fused-ring (bicyclic) bond motifs is 1. The molecule has 1 fully saturated rings. The number of cyclic esters (lactones) is 1. The third-order valence-corrected chi connectivity index (χ3v) is 6.16. The van der Waals surface area contributed by atoms with E-state index < -0.39 is 31.0 Å². The molecule has 5 rings (SSSR count). The Labute approximate surface area is 220 Å². The molecular weight excluding hydrogens is 515 g/mol. The molecule has 39 heavy (non-hydrogen) atoms. The second kappa shape index (κ2) is 11.0. The number of anilines is 2. The predicted octanol–water partition coefficient (Wildman–Crippen LogP) is 3.82. The van der Waals surface area contributed by atoms with E-state index in [0.29, 0.717) is 34.5 Å². The molecule has 2 N–H and O–H groups in total. The van der Waals surface area contributed by atoms with Crippen LogP contribution in [0.1, 0.15) is 12.5 Å². The second-order valence-corrected chi connectivity index (χ2v) is 8.95. The molecule has 0 spiro atoms. The van der Waals surface area contributed by atoms with Gasteiger partial charge in [0.2, 0.25) is 5.91 Å². The minimum absolute atomic E-state index is 0.184. The van der Waals surface area contributed by atoms with Crippen molar-refractivity contribution in [3.63, 3.8) is 0 Å². The van der Waals surface area contributed by atoms with Crippen LogP contribution in [-0.2, 0) is 16.1 Å². The van der Waals surface area contributed by atoms with Crippen molar-refractivity contribution < 1.29 is 27.5 Å². The molecule has 1 aliphatic rings. The fourth-order valence-electron chi connectivity index (χ4n) is 4.29. The number of imidazole rings is 1. The molecule has 0 unspecified atom stereocenters. The van der Waals surface area contributed by atoms with E-state index in [-0.39, 0.29) is 24.8 Å². The quantitative estimate of drug-likeness (QED) is 0.332. The number of hydrogen-bond donors (Lipinski definition) is 2. The summed E-state index contributed by atoms with van der Waals surface area (Å²) in [6.07, 6.45) is -0.799. The summed E-state index contributed by atoms with van der Waals surface area (Å²) >= 11 is 0. The highest BCUT2D eigenvalue weighted by Gasteiger charge is 2.32. The number of nitrogens with one attached hydrogen (secondary N) is 2. The Hall–Kier alpha value is -4.68. The molecule has 4 aromatic rings. The minimum Gasteiger partial charge on any atom is -0.442 e. The lowest BCUT2D eigenvalue weighted by Crippen LogP contribution is -2.33. The Morgan fingerprint density at radius 3 is 2.67 bits per heavy atom. The maximum absolute atomic E-state index is 15.1. The van der Waals surface area contributed by atoms with E-state index in [1.54, 1.807) is 35.2 Å². The van der Waals surface area contributed by atoms with E-state index in [1.165, 1.54) is 24.2 Å². The van der Waals surface area contributed by atoms with Crippen molar-refractivity contribution >= 4 is 34.7 Å². The maximum atomic E-state index is 15.1. The fourth-order valence-corrected chi connectivity index (χ4v) is 4.29. The molecule has 0 aliphatic carbocycles. The molecule has 0 saturated carbocycles. The zero-order valence-electron chi connectivity index (χ0n) is 20.8. The Balaban J connectivity index is 1.28. The Bertz CT molecular complexity index is 1510. The lowest BCUT2D eigenvalue weighted by molar-refractivity contribution is -0.119. The lowest BCUT2D eigenvalue weighted by atomic mass is 10.0. The van der Waals surface area contributed by atoms with Crippen LogP contribution in [0.25, 0.3) is 22.3 Å². The number of aromatic nitrogens is 4. The number of ether oxygens (including phenoxy) is 1. The molecular formula is C26H24F3N7O3. The first-order valence-corrected chi connectivity index (χ1v) is 12.1. The van der Waals surface area contributed by atoms with Gasteiger partial charge in [-0.2, -0.15) is 0 Å². The van der Waals surface area contributed by atoms with E-state index >= 15 is 4.39 Å². The lowest BCUT2D eigenvalue weighted by Gasteiger charge is -2.15. The van der Waals surface area contributed by atoms with Crippen molar-refractivity contribution in [3.05, 3.63) is 66.5 Å². The van der Waals surface area contributed by atoms with Crippen molar-refractivity contribution in [2.24, 2.45) is 0 Å². The number of nitrogens with zero attached hydrogens (tertiary/aromatic N) is 5. The first-order valence-electron chi connectivity index (χ1n) is 12.1. The number of halogens is 3. The van der Waals surface area contributed by atoms with Crippen LogP contribution >= 0.6 is 0 Å². The Morgan fingerprint density at radius 2 is 1.95 bits per heavy atom. The third-order valence-electron chi connectivity index (χ3n) is 6.16. The monoisotopic (exact) mass is 539 g/mol. The van der Waals surface area contributed by atoms with Gasteiger partial charge in [0.15, 0.2) is 11.5 Å². The van der Waals surface area contributed by atoms with Gasteiger partial charge in [0.25, 0.3) is 6.43 Å². The molecule has 1 atom stereocenters. The SMILES string of the molecule is CC(=O)NC[C@H]1CN(c2ccc(-c3ccc(Cn4cnc5c(NCC(F)F)ncnc54)cc3)c(F)c2)C(=O)O1. The van der Waals surface area contributed by atoms with E-state index in [0.717, 1.165) is 5.56 Å². The zero-order chi connectivity index (χ0) is 27.5. The number of alkyl halides is 2. The molecule has 1 aliphatic heterocycles. The van der Waals surface area contributed by atoms with Gasteiger partial charge in [-0.3, -0.25) is 9.69 Å². The summed E-state index contributed by atoms with van der Waals surface area (Å²) < 4.78 is 47.2. The van der Waals surface area contributed by atoms with E-state index in [1.807, 2.05) is 12.1 Å². The van der Waals surface area contributed by atoms with Crippen molar-refractivity contribution in [3.8, 4) is 11.1 Å². The molecule has 0 radical (unpaired) electrons. The summed E-state index contributed by atoms with van der Waals surface area (Å²) in [7, 11) is 0. The molecule has 13 heteroatoms. The minimum atomic E-state index is -2.53. The van der Waals surface area contributed by atoms with E-state index in [4.69, 9.17) is 4.74 Å². The topological polar surface area (TPSA) is 114 Å². The van der Waals surface area contributed by atoms with Crippen LogP contribution in [0, 0.1) is 5.82 Å². The van der Waals surface area contributed by atoms with Crippen LogP contribution in [0.5, 0.6) is 0 Å². The van der Waals surface area contributed by atoms with Crippen LogP contribution in [0.4, 0.5) is 29.5 Å². The Morgan fingerprint density at radius 1 is 1.15 bits per heavy atom. The van der Waals surface area contributed by atoms with Crippen LogP contribution in [0.2, 0.25) is 0 Å². The highest BCUT2D eigenvalue weighted by molar-refractivity contribution is 5.90. The summed E-state index contributed by atoms with van der Waals surface area (Å²) in [5.74, 6) is -0.495. The van der Waals surface area contributed by atoms with Crippen molar-refractivity contribution in [1.82, 2.24) is 24.8 Å². The molecule has 3 heterocycles.